The van der Waals surface area contributed by atoms with Crippen LogP contribution in [-0.4, -0.2) is 41.6 Å². The van der Waals surface area contributed by atoms with Crippen LogP contribution in [0.5, 0.6) is 0 Å². The largest absolute Gasteiger partial charge is 0.379 e. The third kappa shape index (κ3) is 4.47. The lowest BCUT2D eigenvalue weighted by Gasteiger charge is -2.41. The quantitative estimate of drug-likeness (QED) is 0.797. The molecule has 1 aliphatic heterocycles. The summed E-state index contributed by atoms with van der Waals surface area (Å²) in [5, 5.41) is 0. The maximum absolute atomic E-state index is 14.1. The average Bonchev–Trinajstić information content (AvgIpc) is 2.68. The molecule has 2 heterocycles. The van der Waals surface area contributed by atoms with E-state index in [4.69, 9.17) is 4.74 Å². The topological polar surface area (TPSA) is 42.4 Å². The van der Waals surface area contributed by atoms with E-state index >= 15 is 0 Å². The van der Waals surface area contributed by atoms with Crippen molar-refractivity contribution in [3.05, 3.63) is 65.7 Å². The minimum atomic E-state index is -0.226. The Balaban J connectivity index is 1.72. The molecule has 3 rings (SSSR count). The highest BCUT2D eigenvalue weighted by molar-refractivity contribution is 5.77. The zero-order valence-corrected chi connectivity index (χ0v) is 15.1. The molecule has 1 amide bonds. The van der Waals surface area contributed by atoms with Crippen LogP contribution in [0.1, 0.15) is 30.4 Å². The molecule has 0 bridgehead atoms. The molecular weight excluding hydrogens is 331 g/mol. The lowest BCUT2D eigenvalue weighted by Crippen LogP contribution is -2.52. The highest BCUT2D eigenvalue weighted by Crippen LogP contribution is 2.25. The van der Waals surface area contributed by atoms with Gasteiger partial charge in [0.2, 0.25) is 5.91 Å². The molecule has 4 nitrogen and oxygen atoms in total. The summed E-state index contributed by atoms with van der Waals surface area (Å²) in [6, 6.07) is 10.5. The molecule has 26 heavy (non-hydrogen) atoms. The first kappa shape index (κ1) is 18.5. The number of methoxy groups -OCH3 is 1. The van der Waals surface area contributed by atoms with Crippen molar-refractivity contribution in [2.45, 2.75) is 44.2 Å². The van der Waals surface area contributed by atoms with E-state index in [2.05, 4.69) is 4.98 Å². The van der Waals surface area contributed by atoms with Crippen molar-refractivity contribution in [2.75, 3.05) is 13.7 Å². The third-order valence-electron chi connectivity index (χ3n) is 5.08. The fourth-order valence-electron chi connectivity index (χ4n) is 3.68. The van der Waals surface area contributed by atoms with Crippen molar-refractivity contribution in [1.29, 1.82) is 0 Å². The fourth-order valence-corrected chi connectivity index (χ4v) is 3.68. The Hall–Kier alpha value is -2.27. The van der Waals surface area contributed by atoms with Gasteiger partial charge >= 0.3 is 0 Å². The van der Waals surface area contributed by atoms with E-state index in [1.807, 2.05) is 23.1 Å². The summed E-state index contributed by atoms with van der Waals surface area (Å²) in [7, 11) is 1.67. The van der Waals surface area contributed by atoms with E-state index in [-0.39, 0.29) is 23.9 Å². The zero-order valence-electron chi connectivity index (χ0n) is 15.1. The molecule has 5 heteroatoms. The molecule has 138 valence electrons. The number of pyridine rings is 1. The van der Waals surface area contributed by atoms with Crippen molar-refractivity contribution < 1.29 is 13.9 Å². The first-order valence-corrected chi connectivity index (χ1v) is 9.13. The Labute approximate surface area is 154 Å². The summed E-state index contributed by atoms with van der Waals surface area (Å²) in [6.07, 6.45) is 6.81. The molecule has 0 unspecified atom stereocenters. The highest BCUT2D eigenvalue weighted by Gasteiger charge is 2.34. The zero-order chi connectivity index (χ0) is 18.4. The highest BCUT2D eigenvalue weighted by atomic mass is 19.1. The van der Waals surface area contributed by atoms with Crippen LogP contribution in [0.15, 0.2) is 48.8 Å². The van der Waals surface area contributed by atoms with Gasteiger partial charge in [-0.2, -0.15) is 0 Å². The van der Waals surface area contributed by atoms with Gasteiger partial charge in [0.15, 0.2) is 0 Å². The number of benzene rings is 1. The molecule has 1 fully saturated rings. The molecule has 2 atom stereocenters. The monoisotopic (exact) mass is 356 g/mol. The van der Waals surface area contributed by atoms with Gasteiger partial charge in [0.25, 0.3) is 0 Å². The number of aryl methyl sites for hydroxylation is 1. The smallest absolute Gasteiger partial charge is 0.223 e. The molecule has 1 saturated heterocycles. The van der Waals surface area contributed by atoms with Crippen LogP contribution in [0.2, 0.25) is 0 Å². The molecule has 0 spiro atoms. The first-order chi connectivity index (χ1) is 12.7. The van der Waals surface area contributed by atoms with E-state index in [0.717, 1.165) is 18.4 Å². The summed E-state index contributed by atoms with van der Waals surface area (Å²) >= 11 is 0. The van der Waals surface area contributed by atoms with Crippen LogP contribution < -0.4 is 0 Å². The Morgan fingerprint density at radius 3 is 2.88 bits per heavy atom. The predicted octanol–water partition coefficient (Wildman–Crippen LogP) is 3.40. The van der Waals surface area contributed by atoms with Crippen LogP contribution in [0.3, 0.4) is 0 Å². The van der Waals surface area contributed by atoms with Gasteiger partial charge in [0.1, 0.15) is 5.82 Å². The summed E-state index contributed by atoms with van der Waals surface area (Å²) in [4.78, 5) is 18.9. The number of piperidine rings is 1. The van der Waals surface area contributed by atoms with Crippen molar-refractivity contribution in [3.8, 4) is 0 Å². The first-order valence-electron chi connectivity index (χ1n) is 9.13. The third-order valence-corrected chi connectivity index (χ3v) is 5.08. The van der Waals surface area contributed by atoms with Crippen molar-refractivity contribution in [3.63, 3.8) is 0 Å². The minimum Gasteiger partial charge on any atom is -0.379 e. The molecule has 2 aromatic rings. The Bertz CT molecular complexity index is 723. The standard InChI is InChI=1S/C21H25FN2O2/c1-26-20-9-5-13-24(19(20)14-17-7-2-3-8-18(17)22)21(25)11-10-16-6-4-12-23-15-16/h2-4,6-8,12,15,19-20H,5,9-11,13-14H2,1H3/t19-,20-/m0/s1. The van der Waals surface area contributed by atoms with Crippen LogP contribution in [-0.2, 0) is 22.4 Å². The number of halogens is 1. The van der Waals surface area contributed by atoms with E-state index in [1.54, 1.807) is 31.6 Å². The maximum atomic E-state index is 14.1. The number of carbonyl (C=O) groups is 1. The van der Waals surface area contributed by atoms with Crippen LogP contribution in [0.25, 0.3) is 0 Å². The van der Waals surface area contributed by atoms with Crippen LogP contribution in [0, 0.1) is 5.82 Å². The molecule has 1 aromatic heterocycles. The van der Waals surface area contributed by atoms with Gasteiger partial charge in [-0.3, -0.25) is 9.78 Å². The van der Waals surface area contributed by atoms with Gasteiger partial charge in [0, 0.05) is 32.5 Å². The number of likely N-dealkylation sites (tertiary alicyclic amines) is 1. The molecule has 1 aromatic carbocycles. The Morgan fingerprint density at radius 1 is 1.31 bits per heavy atom. The number of aromatic nitrogens is 1. The average molecular weight is 356 g/mol. The van der Waals surface area contributed by atoms with Gasteiger partial charge in [0.05, 0.1) is 12.1 Å². The SMILES string of the molecule is CO[C@H]1CCCN(C(=O)CCc2cccnc2)[C@H]1Cc1ccccc1F. The number of ether oxygens (including phenoxy) is 1. The second kappa shape index (κ2) is 8.90. The molecule has 1 aliphatic rings. The fraction of sp³-hybridized carbons (Fsp3) is 0.429. The normalized spacial score (nSPS) is 20.2. The number of hydrogen-bond acceptors (Lipinski definition) is 3. The van der Waals surface area contributed by atoms with Crippen molar-refractivity contribution >= 4 is 5.91 Å². The molecule has 0 N–H and O–H groups in total. The number of nitrogens with zero attached hydrogens (tertiary/aromatic N) is 2. The molecule has 0 radical (unpaired) electrons. The van der Waals surface area contributed by atoms with Crippen LogP contribution >= 0.6 is 0 Å². The Morgan fingerprint density at radius 2 is 2.15 bits per heavy atom. The van der Waals surface area contributed by atoms with E-state index in [1.165, 1.54) is 6.07 Å². The van der Waals surface area contributed by atoms with E-state index in [9.17, 15) is 9.18 Å². The second-order valence-electron chi connectivity index (χ2n) is 6.73. The Kier molecular flexibility index (Phi) is 6.34. The van der Waals surface area contributed by atoms with Crippen molar-refractivity contribution in [1.82, 2.24) is 9.88 Å². The van der Waals surface area contributed by atoms with Gasteiger partial charge < -0.3 is 9.64 Å². The lowest BCUT2D eigenvalue weighted by atomic mass is 9.92. The van der Waals surface area contributed by atoms with Gasteiger partial charge in [-0.05, 0) is 48.9 Å². The van der Waals surface area contributed by atoms with Crippen molar-refractivity contribution in [2.24, 2.45) is 0 Å². The number of hydrogen-bond donors (Lipinski definition) is 0. The predicted molar refractivity (Wildman–Crippen MR) is 98.2 cm³/mol. The number of rotatable bonds is 6. The molecule has 0 saturated carbocycles. The molecule has 0 aliphatic carbocycles. The van der Waals surface area contributed by atoms with Gasteiger partial charge in [-0.15, -0.1) is 0 Å². The summed E-state index contributed by atoms with van der Waals surface area (Å²) in [5.74, 6) is -0.132. The summed E-state index contributed by atoms with van der Waals surface area (Å²) in [5.41, 5.74) is 1.68. The second-order valence-corrected chi connectivity index (χ2v) is 6.73. The maximum Gasteiger partial charge on any atom is 0.223 e. The van der Waals surface area contributed by atoms with Crippen LogP contribution in [0.4, 0.5) is 4.39 Å². The summed E-state index contributed by atoms with van der Waals surface area (Å²) in [6.45, 7) is 0.699. The minimum absolute atomic E-state index is 0.0642. The number of amides is 1. The van der Waals surface area contributed by atoms with Gasteiger partial charge in [-0.25, -0.2) is 4.39 Å². The lowest BCUT2D eigenvalue weighted by molar-refractivity contribution is -0.139. The van der Waals surface area contributed by atoms with E-state index < -0.39 is 0 Å². The molecular formula is C21H25FN2O2. The summed E-state index contributed by atoms with van der Waals surface area (Å²) < 4.78 is 19.8. The van der Waals surface area contributed by atoms with Gasteiger partial charge in [-0.1, -0.05) is 24.3 Å². The number of carbonyl (C=O) groups excluding carboxylic acids is 1. The van der Waals surface area contributed by atoms with E-state index in [0.29, 0.717) is 31.4 Å².